The molecule has 3 aromatic rings. The fourth-order valence-corrected chi connectivity index (χ4v) is 7.75. The number of nitrogens with zero attached hydrogens (tertiary/aromatic N) is 2. The van der Waals surface area contributed by atoms with E-state index in [0.29, 0.717) is 10.6 Å². The molecule has 0 spiro atoms. The molecule has 12 heteroatoms. The number of aromatic nitrogens is 1. The molecule has 0 bridgehead atoms. The molecule has 1 fully saturated rings. The summed E-state index contributed by atoms with van der Waals surface area (Å²) in [7, 11) is -3.88. The van der Waals surface area contributed by atoms with Crippen molar-refractivity contribution in [3.8, 4) is 21.8 Å². The lowest BCUT2D eigenvalue weighted by molar-refractivity contribution is -0.130. The second-order valence-corrected chi connectivity index (χ2v) is 11.5. The molecule has 10 nitrogen and oxygen atoms in total. The van der Waals surface area contributed by atoms with Crippen LogP contribution in [0.5, 0.6) is 0 Å². The molecular weight excluding hydrogens is 480 g/mol. The van der Waals surface area contributed by atoms with Gasteiger partial charge in [-0.3, -0.25) is 14.8 Å². The molecule has 2 aromatic heterocycles. The highest BCUT2D eigenvalue weighted by Crippen LogP contribution is 2.45. The van der Waals surface area contributed by atoms with Crippen LogP contribution in [-0.2, 0) is 24.2 Å². The zero-order valence-electron chi connectivity index (χ0n) is 18.1. The van der Waals surface area contributed by atoms with E-state index in [1.807, 2.05) is 30.3 Å². The van der Waals surface area contributed by atoms with Gasteiger partial charge >= 0.3 is 0 Å². The van der Waals surface area contributed by atoms with Crippen LogP contribution >= 0.6 is 11.3 Å². The van der Waals surface area contributed by atoms with Crippen LogP contribution in [0.3, 0.4) is 0 Å². The third kappa shape index (κ3) is 4.49. The molecule has 4 N–H and O–H groups in total. The van der Waals surface area contributed by atoms with Gasteiger partial charge in [0.1, 0.15) is 4.75 Å². The Labute approximate surface area is 200 Å². The Bertz CT molecular complexity index is 1270. The fraction of sp³-hybridized carbons (Fsp3) is 0.318. The van der Waals surface area contributed by atoms with Crippen LogP contribution in [0.15, 0.2) is 53.4 Å². The number of oxazole rings is 1. The molecular formula is C22H24N4O6S2. The predicted molar refractivity (Wildman–Crippen MR) is 126 cm³/mol. The van der Waals surface area contributed by atoms with Crippen molar-refractivity contribution < 1.29 is 27.6 Å². The highest BCUT2D eigenvalue weighted by atomic mass is 32.2. The molecule has 1 aromatic carbocycles. The van der Waals surface area contributed by atoms with Gasteiger partial charge in [-0.15, -0.1) is 11.3 Å². The molecule has 4 rings (SSSR count). The van der Waals surface area contributed by atoms with Gasteiger partial charge in [-0.05, 0) is 24.1 Å². The Morgan fingerprint density at radius 1 is 1.18 bits per heavy atom. The normalized spacial score (nSPS) is 20.0. The van der Waals surface area contributed by atoms with Gasteiger partial charge in [0, 0.05) is 28.4 Å². The van der Waals surface area contributed by atoms with Crippen molar-refractivity contribution >= 4 is 33.0 Å². The average Bonchev–Trinajstić information content (AvgIpc) is 3.53. The van der Waals surface area contributed by atoms with Crippen LogP contribution in [-0.4, -0.2) is 60.7 Å². The van der Waals surface area contributed by atoms with E-state index in [2.05, 4.69) is 4.98 Å². The molecule has 2 amide bonds. The summed E-state index contributed by atoms with van der Waals surface area (Å²) in [6, 6.07) is 11.1. The SMILES string of the molecule is NCC(=O)N1CCC(CC(=O)NO)(c2ccc(-c3ccc(-c4cnco4)cc3)s2)S(=O)(=O)CC1. The van der Waals surface area contributed by atoms with Crippen LogP contribution < -0.4 is 11.2 Å². The van der Waals surface area contributed by atoms with Crippen molar-refractivity contribution in [2.24, 2.45) is 5.73 Å². The average molecular weight is 505 g/mol. The number of carbonyl (C=O) groups is 2. The largest absolute Gasteiger partial charge is 0.444 e. The van der Waals surface area contributed by atoms with Gasteiger partial charge in [-0.25, -0.2) is 18.9 Å². The van der Waals surface area contributed by atoms with Gasteiger partial charge in [0.25, 0.3) is 0 Å². The number of rotatable bonds is 6. The molecule has 0 aliphatic carbocycles. The molecule has 0 radical (unpaired) electrons. The van der Waals surface area contributed by atoms with Crippen molar-refractivity contribution in [1.29, 1.82) is 0 Å². The predicted octanol–water partition coefficient (Wildman–Crippen LogP) is 1.77. The molecule has 1 unspecified atom stereocenters. The number of amides is 2. The lowest BCUT2D eigenvalue weighted by Crippen LogP contribution is -2.41. The molecule has 1 saturated heterocycles. The van der Waals surface area contributed by atoms with Crippen molar-refractivity contribution in [1.82, 2.24) is 15.4 Å². The first kappa shape index (κ1) is 24.1. The summed E-state index contributed by atoms with van der Waals surface area (Å²) in [5, 5.41) is 9.15. The monoisotopic (exact) mass is 504 g/mol. The van der Waals surface area contributed by atoms with Gasteiger partial charge < -0.3 is 15.1 Å². The standard InChI is InChI=1S/C22H24N4O6S2/c23-12-21(28)26-8-7-22(11-20(27)25-29,34(30,31)10-9-26)19-6-5-18(33-19)16-3-1-15(2-4-16)17-13-24-14-32-17/h1-6,13-14,29H,7-12,23H2,(H,25,27). The zero-order chi connectivity index (χ0) is 24.3. The van der Waals surface area contributed by atoms with Crippen LogP contribution in [0.25, 0.3) is 21.8 Å². The smallest absolute Gasteiger partial charge is 0.245 e. The van der Waals surface area contributed by atoms with E-state index in [0.717, 1.165) is 16.0 Å². The molecule has 34 heavy (non-hydrogen) atoms. The first-order valence-electron chi connectivity index (χ1n) is 10.5. The van der Waals surface area contributed by atoms with E-state index >= 15 is 0 Å². The molecule has 1 aliphatic heterocycles. The third-order valence-corrected chi connectivity index (χ3v) is 10.00. The maximum atomic E-state index is 13.5. The van der Waals surface area contributed by atoms with Gasteiger partial charge in [0.05, 0.1) is 24.9 Å². The summed E-state index contributed by atoms with van der Waals surface area (Å²) in [6.07, 6.45) is 2.52. The minimum atomic E-state index is -3.88. The van der Waals surface area contributed by atoms with Gasteiger partial charge in [-0.2, -0.15) is 0 Å². The Morgan fingerprint density at radius 2 is 1.91 bits per heavy atom. The summed E-state index contributed by atoms with van der Waals surface area (Å²) in [5.41, 5.74) is 8.74. The van der Waals surface area contributed by atoms with E-state index < -0.39 is 26.9 Å². The lowest BCUT2D eigenvalue weighted by Gasteiger charge is -2.30. The topological polar surface area (TPSA) is 156 Å². The number of hydrogen-bond donors (Lipinski definition) is 3. The van der Waals surface area contributed by atoms with Crippen LogP contribution in [0.4, 0.5) is 0 Å². The number of hydroxylamine groups is 1. The van der Waals surface area contributed by atoms with E-state index in [1.165, 1.54) is 22.6 Å². The van der Waals surface area contributed by atoms with Crippen LogP contribution in [0, 0.1) is 0 Å². The minimum Gasteiger partial charge on any atom is -0.444 e. The molecule has 1 aliphatic rings. The summed E-state index contributed by atoms with van der Waals surface area (Å²) in [4.78, 5) is 31.0. The first-order valence-corrected chi connectivity index (χ1v) is 13.0. The number of carbonyl (C=O) groups excluding carboxylic acids is 2. The fourth-order valence-electron chi connectivity index (χ4n) is 4.14. The van der Waals surface area contributed by atoms with Gasteiger partial charge in [0.2, 0.25) is 11.8 Å². The summed E-state index contributed by atoms with van der Waals surface area (Å²) >= 11 is 1.27. The molecule has 3 heterocycles. The quantitative estimate of drug-likeness (QED) is 0.339. The number of nitrogens with two attached hydrogens (primary N) is 1. The summed E-state index contributed by atoms with van der Waals surface area (Å²) < 4.78 is 30.8. The van der Waals surface area contributed by atoms with E-state index in [1.54, 1.807) is 17.7 Å². The van der Waals surface area contributed by atoms with Gasteiger partial charge in [-0.1, -0.05) is 24.3 Å². The Kier molecular flexibility index (Phi) is 6.84. The number of nitrogens with one attached hydrogen (secondary N) is 1. The van der Waals surface area contributed by atoms with E-state index in [4.69, 9.17) is 15.4 Å². The molecule has 1 atom stereocenters. The first-order chi connectivity index (χ1) is 16.3. The maximum Gasteiger partial charge on any atom is 0.245 e. The Balaban J connectivity index is 1.71. The minimum absolute atomic E-state index is 0.00217. The number of sulfone groups is 1. The zero-order valence-corrected chi connectivity index (χ0v) is 19.8. The molecule has 0 saturated carbocycles. The molecule has 180 valence electrons. The van der Waals surface area contributed by atoms with Crippen molar-refractivity contribution in [2.45, 2.75) is 17.6 Å². The van der Waals surface area contributed by atoms with E-state index in [-0.39, 0.29) is 37.7 Å². The second-order valence-electron chi connectivity index (χ2n) is 7.97. The highest BCUT2D eigenvalue weighted by Gasteiger charge is 2.49. The second kappa shape index (κ2) is 9.66. The highest BCUT2D eigenvalue weighted by molar-refractivity contribution is 7.92. The van der Waals surface area contributed by atoms with E-state index in [9.17, 15) is 18.0 Å². The summed E-state index contributed by atoms with van der Waals surface area (Å²) in [6.45, 7) is -0.0906. The van der Waals surface area contributed by atoms with Crippen LogP contribution in [0.2, 0.25) is 0 Å². The van der Waals surface area contributed by atoms with Gasteiger partial charge in [0.15, 0.2) is 22.0 Å². The van der Waals surface area contributed by atoms with Crippen molar-refractivity contribution in [2.75, 3.05) is 25.4 Å². The Hall–Kier alpha value is -3.06. The Morgan fingerprint density at radius 3 is 2.56 bits per heavy atom. The number of hydrogen-bond acceptors (Lipinski definition) is 9. The van der Waals surface area contributed by atoms with Crippen molar-refractivity contribution in [3.05, 3.63) is 53.9 Å². The maximum absolute atomic E-state index is 13.5. The lowest BCUT2D eigenvalue weighted by atomic mass is 9.97. The third-order valence-electron chi connectivity index (χ3n) is 6.05. The summed E-state index contributed by atoms with van der Waals surface area (Å²) in [5.74, 6) is -0.838. The number of benzene rings is 1. The van der Waals surface area contributed by atoms with Crippen LogP contribution in [0.1, 0.15) is 17.7 Å². The van der Waals surface area contributed by atoms with Crippen molar-refractivity contribution in [3.63, 3.8) is 0 Å². The number of thiophene rings is 1.